The van der Waals surface area contributed by atoms with E-state index in [4.69, 9.17) is 27.9 Å². The second kappa shape index (κ2) is 8.22. The Kier molecular flexibility index (Phi) is 6.50. The summed E-state index contributed by atoms with van der Waals surface area (Å²) in [6.07, 6.45) is 0. The van der Waals surface area contributed by atoms with Crippen molar-refractivity contribution < 1.29 is 9.53 Å². The van der Waals surface area contributed by atoms with Gasteiger partial charge in [-0.2, -0.15) is 0 Å². The lowest BCUT2D eigenvalue weighted by molar-refractivity contribution is -0.134. The molecule has 25 heavy (non-hydrogen) atoms. The highest BCUT2D eigenvalue weighted by atomic mass is 35.5. The molecule has 3 nitrogen and oxygen atoms in total. The van der Waals surface area contributed by atoms with Gasteiger partial charge in [-0.3, -0.25) is 4.79 Å². The van der Waals surface area contributed by atoms with E-state index in [9.17, 15) is 4.79 Å². The van der Waals surface area contributed by atoms with Gasteiger partial charge in [-0.15, -0.1) is 0 Å². The number of halogens is 2. The first-order valence-corrected chi connectivity index (χ1v) is 8.90. The molecule has 0 fully saturated rings. The van der Waals surface area contributed by atoms with Gasteiger partial charge in [0.15, 0.2) is 0 Å². The molecule has 0 aromatic heterocycles. The van der Waals surface area contributed by atoms with Crippen LogP contribution in [0, 0.1) is 0 Å². The van der Waals surface area contributed by atoms with Crippen molar-refractivity contribution in [2.75, 3.05) is 13.7 Å². The maximum Gasteiger partial charge on any atom is 0.219 e. The predicted molar refractivity (Wildman–Crippen MR) is 103 cm³/mol. The van der Waals surface area contributed by atoms with E-state index in [0.29, 0.717) is 16.6 Å². The van der Waals surface area contributed by atoms with E-state index < -0.39 is 5.60 Å². The number of carbonyl (C=O) groups excluding carboxylic acids is 1. The zero-order chi connectivity index (χ0) is 18.6. The molecule has 1 amide bonds. The van der Waals surface area contributed by atoms with E-state index >= 15 is 0 Å². The van der Waals surface area contributed by atoms with Crippen molar-refractivity contribution in [2.45, 2.75) is 32.4 Å². The number of benzene rings is 2. The van der Waals surface area contributed by atoms with Crippen LogP contribution in [0.25, 0.3) is 0 Å². The molecule has 2 aromatic carbocycles. The molecule has 0 aliphatic heterocycles. The fourth-order valence-electron chi connectivity index (χ4n) is 2.99. The summed E-state index contributed by atoms with van der Waals surface area (Å²) < 4.78 is 6.04. The number of ether oxygens (including phenoxy) is 1. The summed E-state index contributed by atoms with van der Waals surface area (Å²) in [4.78, 5) is 14.0. The standard InChI is InChI=1S/C20H23Cl2NO2/c1-14(2)23(15(3)24)13-20(25-4,16-5-9-18(21)10-6-16)17-7-11-19(22)12-8-17/h5-12,14H,13H2,1-4H3. The highest BCUT2D eigenvalue weighted by molar-refractivity contribution is 6.30. The Balaban J connectivity index is 2.61. The summed E-state index contributed by atoms with van der Waals surface area (Å²) in [5, 5.41) is 1.30. The fourth-order valence-corrected chi connectivity index (χ4v) is 3.24. The number of carbonyl (C=O) groups is 1. The van der Waals surface area contributed by atoms with Crippen LogP contribution in [0.5, 0.6) is 0 Å². The number of hydrogen-bond donors (Lipinski definition) is 0. The molecule has 134 valence electrons. The smallest absolute Gasteiger partial charge is 0.219 e. The summed E-state index contributed by atoms with van der Waals surface area (Å²) in [7, 11) is 1.65. The van der Waals surface area contributed by atoms with Crippen molar-refractivity contribution >= 4 is 29.1 Å². The van der Waals surface area contributed by atoms with E-state index in [1.54, 1.807) is 18.9 Å². The predicted octanol–water partition coefficient (Wildman–Crippen LogP) is 5.14. The molecule has 0 saturated carbocycles. The number of rotatable bonds is 6. The zero-order valence-corrected chi connectivity index (χ0v) is 16.4. The third kappa shape index (κ3) is 4.35. The second-order valence-electron chi connectivity index (χ2n) is 6.29. The molecule has 0 aliphatic carbocycles. The van der Waals surface area contributed by atoms with Gasteiger partial charge in [0.05, 0.1) is 6.54 Å². The zero-order valence-electron chi connectivity index (χ0n) is 14.9. The summed E-state index contributed by atoms with van der Waals surface area (Å²) >= 11 is 12.1. The molecule has 5 heteroatoms. The first-order chi connectivity index (χ1) is 11.8. The molecule has 2 rings (SSSR count). The topological polar surface area (TPSA) is 29.5 Å². The highest BCUT2D eigenvalue weighted by Crippen LogP contribution is 2.36. The Labute approximate surface area is 159 Å². The van der Waals surface area contributed by atoms with Crippen molar-refractivity contribution in [3.8, 4) is 0 Å². The normalized spacial score (nSPS) is 11.6. The molecule has 0 saturated heterocycles. The van der Waals surface area contributed by atoms with Crippen LogP contribution in [0.3, 0.4) is 0 Å². The Morgan fingerprint density at radius 3 is 1.68 bits per heavy atom. The maximum atomic E-state index is 12.2. The van der Waals surface area contributed by atoms with Crippen molar-refractivity contribution in [3.05, 3.63) is 69.7 Å². The van der Waals surface area contributed by atoms with Crippen LogP contribution in [-0.4, -0.2) is 30.5 Å². The Bertz CT molecular complexity index is 666. The molecular weight excluding hydrogens is 357 g/mol. The van der Waals surface area contributed by atoms with Crippen molar-refractivity contribution in [1.82, 2.24) is 4.90 Å². The van der Waals surface area contributed by atoms with Crippen molar-refractivity contribution in [3.63, 3.8) is 0 Å². The van der Waals surface area contributed by atoms with Gasteiger partial charge in [0.25, 0.3) is 0 Å². The summed E-state index contributed by atoms with van der Waals surface area (Å²) in [6, 6.07) is 15.1. The molecule has 0 unspecified atom stereocenters. The van der Waals surface area contributed by atoms with Gasteiger partial charge in [-0.25, -0.2) is 0 Å². The molecule has 0 heterocycles. The summed E-state index contributed by atoms with van der Waals surface area (Å²) in [6.45, 7) is 5.95. The number of hydrogen-bond acceptors (Lipinski definition) is 2. The Hall–Kier alpha value is -1.55. The van der Waals surface area contributed by atoms with E-state index in [-0.39, 0.29) is 11.9 Å². The van der Waals surface area contributed by atoms with Crippen LogP contribution in [0.4, 0.5) is 0 Å². The van der Waals surface area contributed by atoms with Crippen LogP contribution in [0.15, 0.2) is 48.5 Å². The van der Waals surface area contributed by atoms with E-state index in [0.717, 1.165) is 11.1 Å². The monoisotopic (exact) mass is 379 g/mol. The first-order valence-electron chi connectivity index (χ1n) is 8.14. The molecule has 0 radical (unpaired) electrons. The summed E-state index contributed by atoms with van der Waals surface area (Å²) in [5.41, 5.74) is 1.03. The third-order valence-electron chi connectivity index (χ3n) is 4.39. The maximum absolute atomic E-state index is 12.2. The van der Waals surface area contributed by atoms with Gasteiger partial charge >= 0.3 is 0 Å². The number of nitrogens with zero attached hydrogens (tertiary/aromatic N) is 1. The Morgan fingerprint density at radius 1 is 1.00 bits per heavy atom. The fraction of sp³-hybridized carbons (Fsp3) is 0.350. The molecular formula is C20H23Cl2NO2. The van der Waals surface area contributed by atoms with Gasteiger partial charge in [-0.1, -0.05) is 47.5 Å². The van der Waals surface area contributed by atoms with E-state index in [1.165, 1.54) is 0 Å². The molecule has 0 N–H and O–H groups in total. The third-order valence-corrected chi connectivity index (χ3v) is 4.89. The van der Waals surface area contributed by atoms with Gasteiger partial charge in [0.2, 0.25) is 5.91 Å². The van der Waals surface area contributed by atoms with Crippen LogP contribution in [0.2, 0.25) is 10.0 Å². The van der Waals surface area contributed by atoms with Gasteiger partial charge in [0, 0.05) is 30.1 Å². The lowest BCUT2D eigenvalue weighted by Crippen LogP contribution is -2.48. The van der Waals surface area contributed by atoms with Crippen LogP contribution in [0.1, 0.15) is 31.9 Å². The minimum absolute atomic E-state index is 0.000600. The van der Waals surface area contributed by atoms with Crippen molar-refractivity contribution in [2.24, 2.45) is 0 Å². The molecule has 0 spiro atoms. The van der Waals surface area contributed by atoms with Gasteiger partial charge in [-0.05, 0) is 49.2 Å². The van der Waals surface area contributed by atoms with E-state index in [1.807, 2.05) is 62.4 Å². The average molecular weight is 380 g/mol. The van der Waals surface area contributed by atoms with Crippen LogP contribution in [-0.2, 0) is 15.1 Å². The highest BCUT2D eigenvalue weighted by Gasteiger charge is 2.38. The summed E-state index contributed by atoms with van der Waals surface area (Å²) in [5.74, 6) is -0.000600. The Morgan fingerprint density at radius 2 is 1.40 bits per heavy atom. The molecule has 0 bridgehead atoms. The number of methoxy groups -OCH3 is 1. The van der Waals surface area contributed by atoms with Crippen LogP contribution >= 0.6 is 23.2 Å². The molecule has 0 aliphatic rings. The quantitative estimate of drug-likeness (QED) is 0.695. The average Bonchev–Trinajstić information content (AvgIpc) is 2.57. The largest absolute Gasteiger partial charge is 0.367 e. The molecule has 0 atom stereocenters. The van der Waals surface area contributed by atoms with Crippen molar-refractivity contribution in [1.29, 1.82) is 0 Å². The van der Waals surface area contributed by atoms with Crippen LogP contribution < -0.4 is 0 Å². The minimum Gasteiger partial charge on any atom is -0.367 e. The molecule has 2 aromatic rings. The lowest BCUT2D eigenvalue weighted by Gasteiger charge is -2.39. The first kappa shape index (κ1) is 19.8. The van der Waals surface area contributed by atoms with Gasteiger partial charge in [0.1, 0.15) is 5.60 Å². The van der Waals surface area contributed by atoms with E-state index in [2.05, 4.69) is 0 Å². The SMILES string of the molecule is COC(CN(C(C)=O)C(C)C)(c1ccc(Cl)cc1)c1ccc(Cl)cc1. The van der Waals surface area contributed by atoms with Gasteiger partial charge < -0.3 is 9.64 Å². The second-order valence-corrected chi connectivity index (χ2v) is 7.16. The lowest BCUT2D eigenvalue weighted by atomic mass is 9.85. The number of amides is 1. The minimum atomic E-state index is -0.814.